The van der Waals surface area contributed by atoms with Crippen molar-refractivity contribution in [2.45, 2.75) is 76.8 Å². The third-order valence-electron chi connectivity index (χ3n) is 4.83. The van der Waals surface area contributed by atoms with Crippen molar-refractivity contribution in [1.82, 2.24) is 10.2 Å². The number of rotatable bonds is 12. The summed E-state index contributed by atoms with van der Waals surface area (Å²) >= 11 is 0. The molecule has 0 aromatic carbocycles. The Morgan fingerprint density at radius 2 is 1.95 bits per heavy atom. The predicted octanol–water partition coefficient (Wildman–Crippen LogP) is 2.78. The van der Waals surface area contributed by atoms with Gasteiger partial charge in [-0.25, -0.2) is 0 Å². The molecule has 3 heteroatoms. The third-order valence-corrected chi connectivity index (χ3v) is 4.83. The Morgan fingerprint density at radius 3 is 2.50 bits per heavy atom. The zero-order valence-corrected chi connectivity index (χ0v) is 13.5. The zero-order valence-electron chi connectivity index (χ0n) is 13.5. The number of aliphatic hydroxyl groups excluding tert-OH is 1. The maximum Gasteiger partial charge on any atom is 0.0610 e. The molecule has 0 heterocycles. The Labute approximate surface area is 125 Å². The maximum atomic E-state index is 9.57. The first-order chi connectivity index (χ1) is 9.67. The van der Waals surface area contributed by atoms with Gasteiger partial charge in [-0.2, -0.15) is 0 Å². The highest BCUT2D eigenvalue weighted by atomic mass is 16.3. The topological polar surface area (TPSA) is 35.5 Å². The molecule has 2 saturated carbocycles. The second-order valence-electron chi connectivity index (χ2n) is 7.27. The number of hydrogen-bond acceptors (Lipinski definition) is 3. The molecule has 0 aromatic rings. The molecule has 0 amide bonds. The molecule has 0 saturated heterocycles. The van der Waals surface area contributed by atoms with E-state index in [1.54, 1.807) is 0 Å². The van der Waals surface area contributed by atoms with Crippen molar-refractivity contribution in [3.63, 3.8) is 0 Å². The first kappa shape index (κ1) is 16.3. The SMILES string of the molecule is CCCNC(C)(CO)CCCCN(CC1CC1)C1CC1. The first-order valence-electron chi connectivity index (χ1n) is 8.77. The second-order valence-corrected chi connectivity index (χ2v) is 7.27. The van der Waals surface area contributed by atoms with Gasteiger partial charge in [0.05, 0.1) is 6.61 Å². The van der Waals surface area contributed by atoms with Crippen LogP contribution in [0.25, 0.3) is 0 Å². The molecule has 0 bridgehead atoms. The van der Waals surface area contributed by atoms with E-state index in [0.29, 0.717) is 0 Å². The summed E-state index contributed by atoms with van der Waals surface area (Å²) in [4.78, 5) is 2.74. The van der Waals surface area contributed by atoms with Crippen LogP contribution in [0.3, 0.4) is 0 Å². The highest BCUT2D eigenvalue weighted by molar-refractivity contribution is 4.88. The van der Waals surface area contributed by atoms with E-state index < -0.39 is 0 Å². The standard InChI is InChI=1S/C17H34N2O/c1-3-11-18-17(2,14-20)10-4-5-12-19(16-8-9-16)13-15-6-7-15/h15-16,18,20H,3-14H2,1-2H3. The van der Waals surface area contributed by atoms with Crippen molar-refractivity contribution < 1.29 is 5.11 Å². The number of aliphatic hydroxyl groups is 1. The van der Waals surface area contributed by atoms with E-state index >= 15 is 0 Å². The van der Waals surface area contributed by atoms with Crippen LogP contribution in [0.2, 0.25) is 0 Å². The average molecular weight is 282 g/mol. The summed E-state index contributed by atoms with van der Waals surface area (Å²) in [6, 6.07) is 0.915. The molecule has 118 valence electrons. The molecule has 20 heavy (non-hydrogen) atoms. The fraction of sp³-hybridized carbons (Fsp3) is 1.00. The van der Waals surface area contributed by atoms with Crippen LogP contribution < -0.4 is 5.32 Å². The maximum absolute atomic E-state index is 9.57. The Bertz CT molecular complexity index is 276. The molecule has 2 aliphatic carbocycles. The average Bonchev–Trinajstić information content (AvgIpc) is 3.32. The summed E-state index contributed by atoms with van der Waals surface area (Å²) < 4.78 is 0. The number of unbranched alkanes of at least 4 members (excludes halogenated alkanes) is 1. The first-order valence-corrected chi connectivity index (χ1v) is 8.77. The van der Waals surface area contributed by atoms with Crippen molar-refractivity contribution in [3.05, 3.63) is 0 Å². The number of nitrogens with zero attached hydrogens (tertiary/aromatic N) is 1. The van der Waals surface area contributed by atoms with Crippen LogP contribution in [0.5, 0.6) is 0 Å². The van der Waals surface area contributed by atoms with Gasteiger partial charge in [0.1, 0.15) is 0 Å². The molecule has 1 atom stereocenters. The molecule has 3 nitrogen and oxygen atoms in total. The van der Waals surface area contributed by atoms with Crippen molar-refractivity contribution in [2.24, 2.45) is 5.92 Å². The molecule has 0 spiro atoms. The quantitative estimate of drug-likeness (QED) is 0.540. The molecule has 2 rings (SSSR count). The van der Waals surface area contributed by atoms with Crippen LogP contribution >= 0.6 is 0 Å². The third kappa shape index (κ3) is 5.71. The van der Waals surface area contributed by atoms with Gasteiger partial charge in [0.2, 0.25) is 0 Å². The highest BCUT2D eigenvalue weighted by Gasteiger charge is 2.33. The number of hydrogen-bond donors (Lipinski definition) is 2. The smallest absolute Gasteiger partial charge is 0.0610 e. The van der Waals surface area contributed by atoms with Crippen molar-refractivity contribution in [1.29, 1.82) is 0 Å². The fourth-order valence-corrected chi connectivity index (χ4v) is 2.97. The summed E-state index contributed by atoms with van der Waals surface area (Å²) in [5.74, 6) is 1.02. The number of nitrogens with one attached hydrogen (secondary N) is 1. The zero-order chi connectivity index (χ0) is 14.4. The monoisotopic (exact) mass is 282 g/mol. The summed E-state index contributed by atoms with van der Waals surface area (Å²) in [6.45, 7) is 8.22. The van der Waals surface area contributed by atoms with E-state index in [4.69, 9.17) is 0 Å². The fourth-order valence-electron chi connectivity index (χ4n) is 2.97. The van der Waals surface area contributed by atoms with Crippen LogP contribution in [0.1, 0.15) is 65.2 Å². The van der Waals surface area contributed by atoms with E-state index in [2.05, 4.69) is 24.1 Å². The Hall–Kier alpha value is -0.120. The minimum Gasteiger partial charge on any atom is -0.394 e. The van der Waals surface area contributed by atoms with Crippen LogP contribution in [0, 0.1) is 5.92 Å². The van der Waals surface area contributed by atoms with Gasteiger partial charge in [-0.1, -0.05) is 13.3 Å². The van der Waals surface area contributed by atoms with Gasteiger partial charge in [0.15, 0.2) is 0 Å². The van der Waals surface area contributed by atoms with Crippen LogP contribution in [-0.2, 0) is 0 Å². The van der Waals surface area contributed by atoms with Crippen molar-refractivity contribution in [2.75, 3.05) is 26.2 Å². The highest BCUT2D eigenvalue weighted by Crippen LogP contribution is 2.35. The minimum absolute atomic E-state index is 0.0725. The second kappa shape index (κ2) is 7.77. The lowest BCUT2D eigenvalue weighted by atomic mass is 9.95. The summed E-state index contributed by atoms with van der Waals surface area (Å²) in [5, 5.41) is 13.1. The molecule has 0 aromatic heterocycles. The molecule has 2 aliphatic rings. The van der Waals surface area contributed by atoms with Crippen LogP contribution in [0.4, 0.5) is 0 Å². The van der Waals surface area contributed by atoms with Crippen molar-refractivity contribution >= 4 is 0 Å². The molecular weight excluding hydrogens is 248 g/mol. The summed E-state index contributed by atoms with van der Waals surface area (Å²) in [5.41, 5.74) is -0.0725. The van der Waals surface area contributed by atoms with Gasteiger partial charge in [-0.15, -0.1) is 0 Å². The van der Waals surface area contributed by atoms with Crippen LogP contribution in [-0.4, -0.2) is 47.8 Å². The van der Waals surface area contributed by atoms with E-state index in [0.717, 1.165) is 31.3 Å². The van der Waals surface area contributed by atoms with Gasteiger partial charge in [-0.3, -0.25) is 0 Å². The molecular formula is C17H34N2O. The molecule has 1 unspecified atom stereocenters. The normalized spacial score (nSPS) is 22.2. The Kier molecular flexibility index (Phi) is 6.31. The van der Waals surface area contributed by atoms with Gasteiger partial charge in [0.25, 0.3) is 0 Å². The van der Waals surface area contributed by atoms with E-state index in [1.807, 2.05) is 0 Å². The lowest BCUT2D eigenvalue weighted by Gasteiger charge is -2.29. The predicted molar refractivity (Wildman–Crippen MR) is 85.0 cm³/mol. The van der Waals surface area contributed by atoms with Gasteiger partial charge in [-0.05, 0) is 70.9 Å². The van der Waals surface area contributed by atoms with Gasteiger partial charge >= 0.3 is 0 Å². The molecule has 0 radical (unpaired) electrons. The minimum atomic E-state index is -0.0725. The largest absolute Gasteiger partial charge is 0.394 e. The lowest BCUT2D eigenvalue weighted by Crippen LogP contribution is -2.46. The van der Waals surface area contributed by atoms with E-state index in [9.17, 15) is 5.11 Å². The van der Waals surface area contributed by atoms with Crippen LogP contribution in [0.15, 0.2) is 0 Å². The van der Waals surface area contributed by atoms with Gasteiger partial charge in [0, 0.05) is 18.1 Å². The van der Waals surface area contributed by atoms with Crippen molar-refractivity contribution in [3.8, 4) is 0 Å². The molecule has 2 N–H and O–H groups in total. The molecule has 0 aliphatic heterocycles. The summed E-state index contributed by atoms with van der Waals surface area (Å²) in [7, 11) is 0. The van der Waals surface area contributed by atoms with Gasteiger partial charge < -0.3 is 15.3 Å². The Morgan fingerprint density at radius 1 is 1.20 bits per heavy atom. The van der Waals surface area contributed by atoms with E-state index in [1.165, 1.54) is 51.6 Å². The molecule has 2 fully saturated rings. The summed E-state index contributed by atoms with van der Waals surface area (Å²) in [6.07, 6.45) is 10.5. The Balaban J connectivity index is 1.60. The lowest BCUT2D eigenvalue weighted by molar-refractivity contribution is 0.160. The van der Waals surface area contributed by atoms with E-state index in [-0.39, 0.29) is 12.1 Å².